The minimum absolute atomic E-state index is 0.0515. The summed E-state index contributed by atoms with van der Waals surface area (Å²) in [5.74, 6) is 0.0515. The first-order chi connectivity index (χ1) is 6.39. The predicted octanol–water partition coefficient (Wildman–Crippen LogP) is 2.30. The molecule has 0 unspecified atom stereocenters. The fourth-order valence-electron chi connectivity index (χ4n) is 1.06. The summed E-state index contributed by atoms with van der Waals surface area (Å²) in [7, 11) is 0. The molecule has 0 atom stereocenters. The summed E-state index contributed by atoms with van der Waals surface area (Å²) in [6.45, 7) is 3.46. The Hall–Kier alpha value is -0.670. The van der Waals surface area contributed by atoms with Crippen LogP contribution in [0.4, 0.5) is 0 Å². The highest BCUT2D eigenvalue weighted by atomic mass is 79.9. The lowest BCUT2D eigenvalue weighted by atomic mass is 9.95. The number of nitrogens with two attached hydrogens (primary N) is 1. The Balaban J connectivity index is 2.75. The molecule has 3 heteroatoms. The van der Waals surface area contributed by atoms with Crippen molar-refractivity contribution in [2.75, 3.05) is 0 Å². The molecule has 0 heterocycles. The molecule has 14 heavy (non-hydrogen) atoms. The SMILES string of the molecule is CC(C)(N)C(=O)Cc1cccc(Br)c1. The third kappa shape index (κ3) is 3.24. The lowest BCUT2D eigenvalue weighted by molar-refractivity contribution is -0.122. The number of ketones is 1. The highest BCUT2D eigenvalue weighted by Crippen LogP contribution is 2.14. The number of hydrogen-bond acceptors (Lipinski definition) is 2. The molecule has 76 valence electrons. The van der Waals surface area contributed by atoms with Crippen molar-refractivity contribution in [2.45, 2.75) is 25.8 Å². The Morgan fingerprint density at radius 1 is 1.50 bits per heavy atom. The van der Waals surface area contributed by atoms with Crippen molar-refractivity contribution < 1.29 is 4.79 Å². The first-order valence-corrected chi connectivity index (χ1v) is 5.25. The van der Waals surface area contributed by atoms with E-state index in [0.29, 0.717) is 6.42 Å². The number of benzene rings is 1. The number of carbonyl (C=O) groups excluding carboxylic acids is 1. The lowest BCUT2D eigenvalue weighted by Gasteiger charge is -2.16. The van der Waals surface area contributed by atoms with E-state index in [1.54, 1.807) is 13.8 Å². The van der Waals surface area contributed by atoms with Gasteiger partial charge in [-0.3, -0.25) is 4.79 Å². The van der Waals surface area contributed by atoms with Gasteiger partial charge in [0.05, 0.1) is 5.54 Å². The molecular formula is C11H14BrNO. The maximum atomic E-state index is 11.6. The number of Topliss-reactive ketones (excluding diaryl/α,β-unsaturated/α-hetero) is 1. The first kappa shape index (κ1) is 11.4. The smallest absolute Gasteiger partial charge is 0.156 e. The van der Waals surface area contributed by atoms with Crippen molar-refractivity contribution in [3.8, 4) is 0 Å². The fourth-order valence-corrected chi connectivity index (χ4v) is 1.51. The van der Waals surface area contributed by atoms with Crippen LogP contribution < -0.4 is 5.73 Å². The molecule has 1 aromatic rings. The van der Waals surface area contributed by atoms with Crippen LogP contribution in [0.5, 0.6) is 0 Å². The van der Waals surface area contributed by atoms with Crippen molar-refractivity contribution >= 4 is 21.7 Å². The van der Waals surface area contributed by atoms with E-state index in [1.807, 2.05) is 24.3 Å². The summed E-state index contributed by atoms with van der Waals surface area (Å²) in [4.78, 5) is 11.6. The van der Waals surface area contributed by atoms with Gasteiger partial charge in [-0.15, -0.1) is 0 Å². The average molecular weight is 256 g/mol. The molecule has 1 aromatic carbocycles. The molecule has 2 N–H and O–H groups in total. The number of carbonyl (C=O) groups is 1. The molecule has 0 fully saturated rings. The van der Waals surface area contributed by atoms with Crippen LogP contribution in [0, 0.1) is 0 Å². The molecule has 0 bridgehead atoms. The Morgan fingerprint density at radius 3 is 2.64 bits per heavy atom. The molecule has 0 saturated carbocycles. The van der Waals surface area contributed by atoms with E-state index < -0.39 is 5.54 Å². The quantitative estimate of drug-likeness (QED) is 0.901. The standard InChI is InChI=1S/C11H14BrNO/c1-11(2,13)10(14)7-8-4-3-5-9(12)6-8/h3-6H,7,13H2,1-2H3. The van der Waals surface area contributed by atoms with Gasteiger partial charge in [0.15, 0.2) is 5.78 Å². The Kier molecular flexibility index (Phi) is 3.45. The summed E-state index contributed by atoms with van der Waals surface area (Å²) in [5, 5.41) is 0. The molecule has 0 aliphatic heterocycles. The third-order valence-electron chi connectivity index (χ3n) is 1.97. The van der Waals surface area contributed by atoms with E-state index >= 15 is 0 Å². The minimum atomic E-state index is -0.748. The zero-order valence-electron chi connectivity index (χ0n) is 8.38. The van der Waals surface area contributed by atoms with Gasteiger partial charge in [-0.05, 0) is 31.5 Å². The molecule has 1 rings (SSSR count). The van der Waals surface area contributed by atoms with Gasteiger partial charge < -0.3 is 5.73 Å². The summed E-state index contributed by atoms with van der Waals surface area (Å²) >= 11 is 3.36. The molecule has 0 amide bonds. The monoisotopic (exact) mass is 255 g/mol. The van der Waals surface area contributed by atoms with E-state index in [1.165, 1.54) is 0 Å². The van der Waals surface area contributed by atoms with Crippen molar-refractivity contribution in [1.82, 2.24) is 0 Å². The van der Waals surface area contributed by atoms with Crippen molar-refractivity contribution in [3.63, 3.8) is 0 Å². The molecule has 0 saturated heterocycles. The number of rotatable bonds is 3. The number of halogens is 1. The van der Waals surface area contributed by atoms with Crippen molar-refractivity contribution in [1.29, 1.82) is 0 Å². The normalized spacial score (nSPS) is 11.4. The number of hydrogen-bond donors (Lipinski definition) is 1. The Labute approximate surface area is 92.6 Å². The van der Waals surface area contributed by atoms with Gasteiger partial charge in [0, 0.05) is 10.9 Å². The van der Waals surface area contributed by atoms with Gasteiger partial charge >= 0.3 is 0 Å². The zero-order valence-corrected chi connectivity index (χ0v) is 9.97. The maximum Gasteiger partial charge on any atom is 0.156 e. The van der Waals surface area contributed by atoms with Gasteiger partial charge in [-0.2, -0.15) is 0 Å². The maximum absolute atomic E-state index is 11.6. The topological polar surface area (TPSA) is 43.1 Å². The van der Waals surface area contributed by atoms with Crippen molar-refractivity contribution in [2.24, 2.45) is 5.73 Å². The molecule has 2 nitrogen and oxygen atoms in total. The van der Waals surface area contributed by atoms with Crippen LogP contribution in [0.2, 0.25) is 0 Å². The van der Waals surface area contributed by atoms with Gasteiger partial charge in [0.1, 0.15) is 0 Å². The van der Waals surface area contributed by atoms with Gasteiger partial charge in [0.25, 0.3) is 0 Å². The molecule has 0 radical (unpaired) electrons. The van der Waals surface area contributed by atoms with Gasteiger partial charge in [-0.1, -0.05) is 28.1 Å². The van der Waals surface area contributed by atoms with E-state index in [0.717, 1.165) is 10.0 Å². The lowest BCUT2D eigenvalue weighted by Crippen LogP contribution is -2.42. The summed E-state index contributed by atoms with van der Waals surface area (Å²) in [5.41, 5.74) is 5.94. The van der Waals surface area contributed by atoms with Crippen LogP contribution in [-0.4, -0.2) is 11.3 Å². The summed E-state index contributed by atoms with van der Waals surface area (Å²) in [6, 6.07) is 7.70. The molecule has 0 aromatic heterocycles. The van der Waals surface area contributed by atoms with E-state index in [2.05, 4.69) is 15.9 Å². The van der Waals surface area contributed by atoms with Crippen LogP contribution >= 0.6 is 15.9 Å². The second-order valence-electron chi connectivity index (χ2n) is 3.95. The summed E-state index contributed by atoms with van der Waals surface area (Å²) in [6.07, 6.45) is 0.392. The Morgan fingerprint density at radius 2 is 2.14 bits per heavy atom. The van der Waals surface area contributed by atoms with Gasteiger partial charge in [0.2, 0.25) is 0 Å². The first-order valence-electron chi connectivity index (χ1n) is 4.46. The predicted molar refractivity (Wildman–Crippen MR) is 61.1 cm³/mol. The molecular weight excluding hydrogens is 242 g/mol. The van der Waals surface area contributed by atoms with Crippen LogP contribution in [0.15, 0.2) is 28.7 Å². The van der Waals surface area contributed by atoms with Crippen LogP contribution in [-0.2, 0) is 11.2 Å². The minimum Gasteiger partial charge on any atom is -0.319 e. The average Bonchev–Trinajstić information content (AvgIpc) is 2.02. The second kappa shape index (κ2) is 4.24. The van der Waals surface area contributed by atoms with Crippen LogP contribution in [0.3, 0.4) is 0 Å². The third-order valence-corrected chi connectivity index (χ3v) is 2.47. The van der Waals surface area contributed by atoms with Gasteiger partial charge in [-0.25, -0.2) is 0 Å². The highest BCUT2D eigenvalue weighted by molar-refractivity contribution is 9.10. The second-order valence-corrected chi connectivity index (χ2v) is 4.87. The fraction of sp³-hybridized carbons (Fsp3) is 0.364. The van der Waals surface area contributed by atoms with Crippen LogP contribution in [0.1, 0.15) is 19.4 Å². The zero-order chi connectivity index (χ0) is 10.8. The van der Waals surface area contributed by atoms with E-state index in [-0.39, 0.29) is 5.78 Å². The molecule has 0 spiro atoms. The molecule has 0 aliphatic carbocycles. The van der Waals surface area contributed by atoms with Crippen LogP contribution in [0.25, 0.3) is 0 Å². The molecule has 0 aliphatic rings. The Bertz CT molecular complexity index is 341. The van der Waals surface area contributed by atoms with Crippen molar-refractivity contribution in [3.05, 3.63) is 34.3 Å². The summed E-state index contributed by atoms with van der Waals surface area (Å²) < 4.78 is 0.984. The van der Waals surface area contributed by atoms with E-state index in [4.69, 9.17) is 5.73 Å². The largest absolute Gasteiger partial charge is 0.319 e. The van der Waals surface area contributed by atoms with E-state index in [9.17, 15) is 4.79 Å². The highest BCUT2D eigenvalue weighted by Gasteiger charge is 2.21.